The standard InChI is InChI=1S/C20H13NO4.C8H3Cl2NO4.C8H5NO6.2CH4.Cl2OS.H2/c22-19(14-7-3-1-4-8-14)16-11-17(13-18(12-16)21(24)25)20(23)15-9-5-2-6-10-15;9-7(12)4-1-5(8(10)13)3-6(2-4)11(14)15;10-7(11)4-1-5(8(12)13)3-6(2-4)9(14)15;;;1-4(2)3;/h1-13H;1-3H;1-3H,(H,10,11)(H,12,13);2*1H4;;1H/i;;;;;;1+1. The number of ketones is 2. The van der Waals surface area contributed by atoms with Crippen molar-refractivity contribution in [3.05, 3.63) is 190 Å². The summed E-state index contributed by atoms with van der Waals surface area (Å²) in [7, 11) is 7.36. The van der Waals surface area contributed by atoms with Crippen molar-refractivity contribution in [3.63, 3.8) is 0 Å². The number of nitro groups is 3. The first-order valence-corrected chi connectivity index (χ1v) is 18.9. The molecule has 18 nitrogen and oxygen atoms in total. The molecule has 0 aromatic heterocycles. The SMILES string of the molecule is C.C.O=C(Cl)c1cc(C(=O)Cl)cc([N+](=O)[O-])c1.O=C(O)c1cc(C(=O)O)cc([N+](=O)[O-])c1.O=C(c1ccccc1)c1cc(C(=O)c2ccccc2)cc([N+](=O)[O-])c1.O=S(Cl)Cl.[2HH]. The molecular formula is C38H31Cl4N3O15S. The van der Waals surface area contributed by atoms with E-state index in [4.69, 9.17) is 37.6 Å². The zero-order valence-electron chi connectivity index (χ0n) is 28.9. The van der Waals surface area contributed by atoms with Gasteiger partial charge in [-0.1, -0.05) is 75.5 Å². The molecule has 5 aromatic carbocycles. The summed E-state index contributed by atoms with van der Waals surface area (Å²) in [5, 5.41) is 47.4. The molecule has 0 saturated heterocycles. The predicted molar refractivity (Wildman–Crippen MR) is 229 cm³/mol. The van der Waals surface area contributed by atoms with Crippen molar-refractivity contribution in [2.45, 2.75) is 14.9 Å². The first-order valence-electron chi connectivity index (χ1n) is 15.3. The molecule has 61 heavy (non-hydrogen) atoms. The van der Waals surface area contributed by atoms with E-state index in [0.717, 1.165) is 36.4 Å². The van der Waals surface area contributed by atoms with Crippen LogP contribution in [0.4, 0.5) is 17.1 Å². The second-order valence-electron chi connectivity index (χ2n) is 10.8. The molecule has 0 radical (unpaired) electrons. The number of hydrogen-bond donors (Lipinski definition) is 2. The largest absolute Gasteiger partial charge is 0.478 e. The number of carboxylic acid groups (broad SMARTS) is 2. The molecule has 0 unspecified atom stereocenters. The molecule has 0 aliphatic heterocycles. The minimum absolute atomic E-state index is 0. The highest BCUT2D eigenvalue weighted by atomic mass is 36.0. The number of nitro benzene ring substituents is 3. The van der Waals surface area contributed by atoms with Crippen molar-refractivity contribution in [3.8, 4) is 0 Å². The zero-order valence-corrected chi connectivity index (χ0v) is 32.8. The number of aromatic carboxylic acids is 2. The number of non-ortho nitro benzene ring substituents is 3. The second-order valence-corrected chi connectivity index (χ2v) is 14.0. The van der Waals surface area contributed by atoms with Gasteiger partial charge in [-0.25, -0.2) is 13.8 Å². The van der Waals surface area contributed by atoms with Gasteiger partial charge in [0.25, 0.3) is 27.5 Å². The van der Waals surface area contributed by atoms with E-state index in [1.807, 2.05) is 0 Å². The van der Waals surface area contributed by atoms with Crippen LogP contribution in [0, 0.1) is 30.3 Å². The minimum Gasteiger partial charge on any atom is -0.478 e. The molecule has 0 spiro atoms. The molecule has 0 saturated carbocycles. The van der Waals surface area contributed by atoms with Crippen LogP contribution in [-0.4, -0.2) is 63.2 Å². The lowest BCUT2D eigenvalue weighted by molar-refractivity contribution is -0.385. The molecule has 5 aromatic rings. The van der Waals surface area contributed by atoms with Crippen LogP contribution in [0.1, 0.15) is 89.6 Å². The average Bonchev–Trinajstić information content (AvgIpc) is 3.20. The molecule has 5 rings (SSSR count). The van der Waals surface area contributed by atoms with E-state index < -0.39 is 68.9 Å². The third-order valence-electron chi connectivity index (χ3n) is 6.93. The van der Waals surface area contributed by atoms with Gasteiger partial charge in [-0.3, -0.25) is 49.5 Å². The van der Waals surface area contributed by atoms with Crippen molar-refractivity contribution in [2.75, 3.05) is 0 Å². The maximum atomic E-state index is 12.6. The molecule has 0 aliphatic rings. The average molecular weight is 945 g/mol. The number of rotatable bonds is 11. The van der Waals surface area contributed by atoms with Crippen LogP contribution >= 0.6 is 44.6 Å². The summed E-state index contributed by atoms with van der Waals surface area (Å²) in [4.78, 5) is 97.7. The lowest BCUT2D eigenvalue weighted by Gasteiger charge is -2.06. The van der Waals surface area contributed by atoms with Crippen molar-refractivity contribution in [1.29, 1.82) is 0 Å². The van der Waals surface area contributed by atoms with E-state index in [0.29, 0.717) is 11.1 Å². The van der Waals surface area contributed by atoms with Gasteiger partial charge in [-0.2, -0.15) is 0 Å². The van der Waals surface area contributed by atoms with E-state index in [2.05, 4.69) is 21.4 Å². The summed E-state index contributed by atoms with van der Waals surface area (Å²) in [6, 6.07) is 26.2. The summed E-state index contributed by atoms with van der Waals surface area (Å²) >= 11 is 10.3. The highest BCUT2D eigenvalue weighted by Gasteiger charge is 2.20. The van der Waals surface area contributed by atoms with Crippen molar-refractivity contribution in [2.24, 2.45) is 0 Å². The molecule has 0 amide bonds. The van der Waals surface area contributed by atoms with Crippen LogP contribution in [0.15, 0.2) is 115 Å². The van der Waals surface area contributed by atoms with Gasteiger partial charge < -0.3 is 10.2 Å². The van der Waals surface area contributed by atoms with Crippen molar-refractivity contribution in [1.82, 2.24) is 0 Å². The first kappa shape index (κ1) is 54.2. The van der Waals surface area contributed by atoms with Gasteiger partial charge in [0.15, 0.2) is 11.6 Å². The predicted octanol–water partition coefficient (Wildman–Crippen LogP) is 9.96. The third-order valence-corrected chi connectivity index (χ3v) is 7.37. The van der Waals surface area contributed by atoms with Gasteiger partial charge in [0, 0.05) is 92.6 Å². The van der Waals surface area contributed by atoms with E-state index in [-0.39, 0.29) is 55.8 Å². The first-order chi connectivity index (χ1) is 27.6. The van der Waals surface area contributed by atoms with Crippen LogP contribution in [0.25, 0.3) is 0 Å². The summed E-state index contributed by atoms with van der Waals surface area (Å²) in [5.74, 6) is -3.57. The Labute approximate surface area is 367 Å². The lowest BCUT2D eigenvalue weighted by Crippen LogP contribution is -2.07. The highest BCUT2D eigenvalue weighted by molar-refractivity contribution is 8.26. The molecule has 0 fully saturated rings. The number of hydrogen-bond acceptors (Lipinski definition) is 13. The molecule has 23 heteroatoms. The Hall–Kier alpha value is -6.77. The quantitative estimate of drug-likeness (QED) is 0.0539. The molecule has 0 bridgehead atoms. The number of halogens is 4. The van der Waals surface area contributed by atoms with Gasteiger partial charge in [0.1, 0.15) is 0 Å². The zero-order chi connectivity index (χ0) is 44.6. The van der Waals surface area contributed by atoms with Crippen molar-refractivity contribution >= 4 is 105 Å². The summed E-state index contributed by atoms with van der Waals surface area (Å²) in [6.07, 6.45) is 0. The number of benzene rings is 5. The normalized spacial score (nSPS) is 9.52. The molecule has 322 valence electrons. The maximum Gasteiger partial charge on any atom is 0.335 e. The Morgan fingerprint density at radius 2 is 0.689 bits per heavy atom. The Kier molecular flexibility index (Phi) is 22.8. The molecule has 0 heterocycles. The lowest BCUT2D eigenvalue weighted by atomic mass is 9.96. The fourth-order valence-corrected chi connectivity index (χ4v) is 4.62. The smallest absolute Gasteiger partial charge is 0.335 e. The van der Waals surface area contributed by atoms with Gasteiger partial charge in [0.05, 0.1) is 25.9 Å². The molecule has 0 atom stereocenters. The Morgan fingerprint density at radius 3 is 0.934 bits per heavy atom. The van der Waals surface area contributed by atoms with Gasteiger partial charge in [0.2, 0.25) is 9.23 Å². The van der Waals surface area contributed by atoms with E-state index in [1.165, 1.54) is 18.2 Å². The second kappa shape index (κ2) is 25.7. The van der Waals surface area contributed by atoms with Crippen molar-refractivity contribution < 1.29 is 59.4 Å². The van der Waals surface area contributed by atoms with Crippen LogP contribution in [0.2, 0.25) is 0 Å². The number of carbonyl (C=O) groups excluding carboxylic acids is 4. The van der Waals surface area contributed by atoms with E-state index >= 15 is 0 Å². The van der Waals surface area contributed by atoms with Gasteiger partial charge in [-0.15, -0.1) is 0 Å². The summed E-state index contributed by atoms with van der Waals surface area (Å²) in [5.41, 5.74) is -1.38. The maximum absolute atomic E-state index is 12.6. The minimum atomic E-state index is -1.67. The monoisotopic (exact) mass is 942 g/mol. The summed E-state index contributed by atoms with van der Waals surface area (Å²) < 4.78 is 9.09. The van der Waals surface area contributed by atoms with Gasteiger partial charge in [-0.05, 0) is 41.4 Å². The molecular weight excluding hydrogens is 912 g/mol. The molecule has 0 aliphatic carbocycles. The van der Waals surface area contributed by atoms with Crippen LogP contribution in [-0.2, 0) is 9.23 Å². The van der Waals surface area contributed by atoms with Crippen LogP contribution < -0.4 is 0 Å². The van der Waals surface area contributed by atoms with Crippen LogP contribution in [0.3, 0.4) is 0 Å². The number of carboxylic acids is 2. The number of carbonyl (C=O) groups is 6. The van der Waals surface area contributed by atoms with E-state index in [1.54, 1.807) is 60.7 Å². The summed E-state index contributed by atoms with van der Waals surface area (Å²) in [6.45, 7) is 0. The van der Waals surface area contributed by atoms with Crippen LogP contribution in [0.5, 0.6) is 0 Å². The Morgan fingerprint density at radius 1 is 0.459 bits per heavy atom. The third kappa shape index (κ3) is 17.5. The fourth-order valence-electron chi connectivity index (χ4n) is 4.40. The highest BCUT2D eigenvalue weighted by Crippen LogP contribution is 2.23. The number of nitrogens with zero attached hydrogens (tertiary/aromatic N) is 3. The fraction of sp³-hybridized carbons (Fsp3) is 0.0526. The molecule has 2 N–H and O–H groups in total. The van der Waals surface area contributed by atoms with Gasteiger partial charge >= 0.3 is 11.9 Å². The Balaban J connectivity index is 0. The Bertz CT molecular complexity index is 2180. The van der Waals surface area contributed by atoms with E-state index in [9.17, 15) is 59.1 Å². The topological polar surface area (TPSA) is 289 Å².